The normalized spacial score (nSPS) is 14.0. The summed E-state index contributed by atoms with van der Waals surface area (Å²) in [6, 6.07) is 0.872. The highest BCUT2D eigenvalue weighted by molar-refractivity contribution is 6.77. The predicted octanol–water partition coefficient (Wildman–Crippen LogP) is 4.52. The number of unbranched alkanes of at least 4 members (excludes halogenated alkanes) is 4. The fourth-order valence-corrected chi connectivity index (χ4v) is 13.8. The van der Waals surface area contributed by atoms with Crippen molar-refractivity contribution in [1.82, 2.24) is 10.2 Å². The van der Waals surface area contributed by atoms with E-state index in [0.29, 0.717) is 25.0 Å². The molecular formula is C25H60N2O5Si3. The molecule has 0 rings (SSSR count). The minimum Gasteiger partial charge on any atom is -0.398 e. The molecule has 0 bridgehead atoms. The van der Waals surface area contributed by atoms with Crippen LogP contribution in [0.4, 0.5) is 0 Å². The first-order valence-corrected chi connectivity index (χ1v) is 20.5. The van der Waals surface area contributed by atoms with Crippen LogP contribution >= 0.6 is 0 Å². The van der Waals surface area contributed by atoms with Crippen LogP contribution < -0.4 is 5.32 Å². The monoisotopic (exact) mass is 552 g/mol. The standard InChI is InChI=1S/C25H60N2O5Si3/c1-9-27(10-2)22-18-16-14-15-17-20-25(34(8,28-6)29-7)33-24-26-21-19-23-35(30-11-3,31-12-4)32-13-5/h25-26H,9-24,33H2,1-8H3. The van der Waals surface area contributed by atoms with Crippen molar-refractivity contribution in [3.05, 3.63) is 0 Å². The number of nitrogens with zero attached hydrogens (tertiary/aromatic N) is 1. The van der Waals surface area contributed by atoms with Gasteiger partial charge < -0.3 is 32.3 Å². The highest BCUT2D eigenvalue weighted by Gasteiger charge is 2.40. The minimum atomic E-state index is -2.53. The second kappa shape index (κ2) is 22.4. The largest absolute Gasteiger partial charge is 0.500 e. The van der Waals surface area contributed by atoms with Gasteiger partial charge in [0.25, 0.3) is 0 Å². The van der Waals surface area contributed by atoms with Gasteiger partial charge in [-0.05, 0) is 77.7 Å². The van der Waals surface area contributed by atoms with E-state index in [0.717, 1.165) is 25.2 Å². The van der Waals surface area contributed by atoms with Crippen molar-refractivity contribution in [2.24, 2.45) is 0 Å². The van der Waals surface area contributed by atoms with E-state index >= 15 is 0 Å². The second-order valence-corrected chi connectivity index (χ2v) is 18.6. The lowest BCUT2D eigenvalue weighted by Gasteiger charge is -2.32. The van der Waals surface area contributed by atoms with Gasteiger partial charge in [-0.15, -0.1) is 0 Å². The molecule has 0 aliphatic carbocycles. The molecule has 35 heavy (non-hydrogen) atoms. The van der Waals surface area contributed by atoms with Crippen molar-refractivity contribution in [2.45, 2.75) is 97.3 Å². The van der Waals surface area contributed by atoms with Crippen LogP contribution in [0.25, 0.3) is 0 Å². The lowest BCUT2D eigenvalue weighted by molar-refractivity contribution is 0.0708. The maximum atomic E-state index is 5.98. The van der Waals surface area contributed by atoms with E-state index in [1.54, 1.807) is 0 Å². The second-order valence-electron chi connectivity index (χ2n) is 9.33. The fourth-order valence-electron chi connectivity index (χ4n) is 4.71. The third-order valence-corrected chi connectivity index (χ3v) is 18.5. The highest BCUT2D eigenvalue weighted by atomic mass is 28.4. The van der Waals surface area contributed by atoms with Gasteiger partial charge in [-0.2, -0.15) is 0 Å². The molecule has 0 aliphatic rings. The molecule has 0 aromatic heterocycles. The van der Waals surface area contributed by atoms with Gasteiger partial charge in [0, 0.05) is 49.6 Å². The molecular weight excluding hydrogens is 493 g/mol. The topological polar surface area (TPSA) is 61.4 Å². The average Bonchev–Trinajstić information content (AvgIpc) is 2.86. The molecule has 0 saturated carbocycles. The lowest BCUT2D eigenvalue weighted by atomic mass is 10.1. The lowest BCUT2D eigenvalue weighted by Crippen LogP contribution is -2.47. The Morgan fingerprint density at radius 2 is 1.31 bits per heavy atom. The summed E-state index contributed by atoms with van der Waals surface area (Å²) in [5.74, 6) is 0. The number of rotatable bonds is 26. The molecule has 212 valence electrons. The van der Waals surface area contributed by atoms with Crippen molar-refractivity contribution in [2.75, 3.05) is 66.4 Å². The van der Waals surface area contributed by atoms with Crippen LogP contribution in [0.1, 0.15) is 79.6 Å². The molecule has 10 heteroatoms. The van der Waals surface area contributed by atoms with E-state index in [9.17, 15) is 0 Å². The summed E-state index contributed by atoms with van der Waals surface area (Å²) in [5, 5.41) is 4.34. The molecule has 7 nitrogen and oxygen atoms in total. The van der Waals surface area contributed by atoms with Crippen molar-refractivity contribution >= 4 is 26.9 Å². The number of hydrogen-bond donors (Lipinski definition) is 1. The Morgan fingerprint density at radius 3 is 1.83 bits per heavy atom. The van der Waals surface area contributed by atoms with Gasteiger partial charge in [-0.3, -0.25) is 0 Å². The Kier molecular flexibility index (Phi) is 22.6. The Bertz CT molecular complexity index is 455. The molecule has 0 aromatic carbocycles. The van der Waals surface area contributed by atoms with E-state index < -0.39 is 17.4 Å². The van der Waals surface area contributed by atoms with Crippen LogP contribution in [-0.2, 0) is 22.1 Å². The van der Waals surface area contributed by atoms with Crippen LogP contribution in [0.5, 0.6) is 0 Å². The maximum Gasteiger partial charge on any atom is 0.500 e. The van der Waals surface area contributed by atoms with Crippen molar-refractivity contribution in [3.63, 3.8) is 0 Å². The smallest absolute Gasteiger partial charge is 0.398 e. The summed E-state index contributed by atoms with van der Waals surface area (Å²) in [5.41, 5.74) is 0. The van der Waals surface area contributed by atoms with Crippen molar-refractivity contribution in [3.8, 4) is 0 Å². The maximum absolute atomic E-state index is 5.98. The van der Waals surface area contributed by atoms with E-state index in [-0.39, 0.29) is 9.52 Å². The SMILES string of the molecule is CCO[Si](CCCNC[SiH2]C(CCCCCCCN(CC)CC)[Si](C)(OC)OC)(OCC)OCC. The highest BCUT2D eigenvalue weighted by Crippen LogP contribution is 2.28. The Balaban J connectivity index is 4.41. The van der Waals surface area contributed by atoms with Gasteiger partial charge in [-0.1, -0.05) is 46.0 Å². The quantitative estimate of drug-likeness (QED) is 0.125. The van der Waals surface area contributed by atoms with Crippen LogP contribution in [0, 0.1) is 0 Å². The third-order valence-electron chi connectivity index (χ3n) is 7.07. The van der Waals surface area contributed by atoms with Crippen LogP contribution in [-0.4, -0.2) is 98.2 Å². The Hall–Kier alpha value is 0.371. The molecule has 0 radical (unpaired) electrons. The average molecular weight is 553 g/mol. The van der Waals surface area contributed by atoms with Gasteiger partial charge in [-0.25, -0.2) is 0 Å². The molecule has 0 aliphatic heterocycles. The summed E-state index contributed by atoms with van der Waals surface area (Å²) in [6.45, 7) is 19.3. The third kappa shape index (κ3) is 15.4. The summed E-state index contributed by atoms with van der Waals surface area (Å²) in [4.78, 5) is 2.52. The van der Waals surface area contributed by atoms with Gasteiger partial charge in [0.2, 0.25) is 0 Å². The first kappa shape index (κ1) is 35.4. The van der Waals surface area contributed by atoms with Gasteiger partial charge in [0.05, 0.1) is 0 Å². The van der Waals surface area contributed by atoms with E-state index in [2.05, 4.69) is 30.6 Å². The number of nitrogens with one attached hydrogen (secondary N) is 1. The van der Waals surface area contributed by atoms with Gasteiger partial charge in [0.15, 0.2) is 0 Å². The van der Waals surface area contributed by atoms with E-state index in [1.165, 1.54) is 58.2 Å². The van der Waals surface area contributed by atoms with Gasteiger partial charge in [0.1, 0.15) is 0 Å². The summed E-state index contributed by atoms with van der Waals surface area (Å²) in [6.07, 6.45) is 10.0. The summed E-state index contributed by atoms with van der Waals surface area (Å²) < 4.78 is 29.9. The summed E-state index contributed by atoms with van der Waals surface area (Å²) in [7, 11) is -1.27. The molecule has 1 unspecified atom stereocenters. The molecule has 0 saturated heterocycles. The molecule has 0 aromatic rings. The number of hydrogen-bond acceptors (Lipinski definition) is 7. The Morgan fingerprint density at radius 1 is 0.771 bits per heavy atom. The van der Waals surface area contributed by atoms with Crippen LogP contribution in [0.2, 0.25) is 17.8 Å². The van der Waals surface area contributed by atoms with Crippen LogP contribution in [0.15, 0.2) is 0 Å². The zero-order chi connectivity index (χ0) is 26.4. The zero-order valence-corrected chi connectivity index (χ0v) is 28.0. The van der Waals surface area contributed by atoms with E-state index in [4.69, 9.17) is 22.1 Å². The first-order valence-electron chi connectivity index (χ1n) is 14.4. The molecule has 0 amide bonds. The minimum absolute atomic E-state index is 0.341. The van der Waals surface area contributed by atoms with Crippen molar-refractivity contribution in [1.29, 1.82) is 0 Å². The Labute approximate surface area is 222 Å². The van der Waals surface area contributed by atoms with E-state index in [1.807, 2.05) is 35.0 Å². The van der Waals surface area contributed by atoms with Crippen LogP contribution in [0.3, 0.4) is 0 Å². The molecule has 1 N–H and O–H groups in total. The molecule has 0 spiro atoms. The van der Waals surface area contributed by atoms with Crippen molar-refractivity contribution < 1.29 is 22.1 Å². The molecule has 1 atom stereocenters. The van der Waals surface area contributed by atoms with Gasteiger partial charge >= 0.3 is 17.4 Å². The zero-order valence-electron chi connectivity index (χ0n) is 24.6. The first-order chi connectivity index (χ1) is 16.9. The fraction of sp³-hybridized carbons (Fsp3) is 1.00. The predicted molar refractivity (Wildman–Crippen MR) is 156 cm³/mol. The molecule has 0 heterocycles. The summed E-state index contributed by atoms with van der Waals surface area (Å²) >= 11 is 0. The molecule has 0 fully saturated rings.